The van der Waals surface area contributed by atoms with Crippen molar-refractivity contribution in [2.24, 2.45) is 5.73 Å². The van der Waals surface area contributed by atoms with E-state index in [-0.39, 0.29) is 0 Å². The summed E-state index contributed by atoms with van der Waals surface area (Å²) in [7, 11) is 0. The fourth-order valence-corrected chi connectivity index (χ4v) is 1.78. The molecule has 2 N–H and O–H groups in total. The first kappa shape index (κ1) is 13.9. The van der Waals surface area contributed by atoms with Crippen LogP contribution in [0.2, 0.25) is 0 Å². The lowest BCUT2D eigenvalue weighted by molar-refractivity contribution is 0.217. The number of nitrogens with zero attached hydrogens (tertiary/aromatic N) is 1. The lowest BCUT2D eigenvalue weighted by atomic mass is 10.1. The van der Waals surface area contributed by atoms with Gasteiger partial charge >= 0.3 is 0 Å². The number of hydrogen-bond donors (Lipinski definition) is 1. The summed E-state index contributed by atoms with van der Waals surface area (Å²) in [6.07, 6.45) is 5.36. The van der Waals surface area contributed by atoms with E-state index in [1.165, 1.54) is 12.0 Å². The van der Waals surface area contributed by atoms with Crippen LogP contribution in [0, 0.1) is 0 Å². The molecule has 1 aromatic rings. The summed E-state index contributed by atoms with van der Waals surface area (Å²) in [6.45, 7) is 7.11. The predicted molar refractivity (Wildman–Crippen MR) is 74.8 cm³/mol. The first-order valence-corrected chi connectivity index (χ1v) is 6.41. The van der Waals surface area contributed by atoms with E-state index in [2.05, 4.69) is 55.2 Å². The minimum atomic E-state index is 0.595. The molecule has 0 bridgehead atoms. The quantitative estimate of drug-likeness (QED) is 0.732. The fraction of sp³-hybridized carbons (Fsp3) is 0.467. The summed E-state index contributed by atoms with van der Waals surface area (Å²) < 4.78 is 0. The molecular weight excluding hydrogens is 208 g/mol. The Morgan fingerprint density at radius 1 is 1.24 bits per heavy atom. The smallest absolute Gasteiger partial charge is 0.0239 e. The van der Waals surface area contributed by atoms with Gasteiger partial charge in [-0.2, -0.15) is 0 Å². The Kier molecular flexibility index (Phi) is 6.60. The molecule has 0 spiro atoms. The summed E-state index contributed by atoms with van der Waals surface area (Å²) >= 11 is 0. The Morgan fingerprint density at radius 3 is 2.53 bits per heavy atom. The van der Waals surface area contributed by atoms with E-state index in [1.807, 2.05) is 6.08 Å². The van der Waals surface area contributed by atoms with Crippen molar-refractivity contribution in [3.05, 3.63) is 48.0 Å². The highest BCUT2D eigenvalue weighted by atomic mass is 15.1. The van der Waals surface area contributed by atoms with Crippen molar-refractivity contribution >= 4 is 0 Å². The largest absolute Gasteiger partial charge is 0.327 e. The Labute approximate surface area is 105 Å². The molecule has 0 saturated heterocycles. The van der Waals surface area contributed by atoms with Crippen LogP contribution in [-0.2, 0) is 6.54 Å². The van der Waals surface area contributed by atoms with E-state index in [9.17, 15) is 0 Å². The van der Waals surface area contributed by atoms with Crippen molar-refractivity contribution in [3.63, 3.8) is 0 Å². The van der Waals surface area contributed by atoms with Crippen molar-refractivity contribution in [3.8, 4) is 0 Å². The van der Waals surface area contributed by atoms with E-state index >= 15 is 0 Å². The average molecular weight is 232 g/mol. The lowest BCUT2D eigenvalue weighted by Crippen LogP contribution is -2.32. The highest BCUT2D eigenvalue weighted by molar-refractivity contribution is 5.14. The normalized spacial score (nSPS) is 13.4. The van der Waals surface area contributed by atoms with Crippen LogP contribution in [0.5, 0.6) is 0 Å². The van der Waals surface area contributed by atoms with Gasteiger partial charge in [0.25, 0.3) is 0 Å². The summed E-state index contributed by atoms with van der Waals surface area (Å²) in [4.78, 5) is 2.47. The number of rotatable bonds is 7. The second-order valence-corrected chi connectivity index (χ2v) is 4.38. The van der Waals surface area contributed by atoms with Gasteiger partial charge in [0, 0.05) is 25.7 Å². The molecule has 0 aliphatic heterocycles. The van der Waals surface area contributed by atoms with Crippen molar-refractivity contribution in [1.82, 2.24) is 4.90 Å². The second-order valence-electron chi connectivity index (χ2n) is 4.38. The van der Waals surface area contributed by atoms with Gasteiger partial charge in [-0.3, -0.25) is 4.90 Å². The van der Waals surface area contributed by atoms with Gasteiger partial charge < -0.3 is 5.73 Å². The molecule has 0 saturated carbocycles. The SMILES string of the molecule is CCC(C)N(C/C=C/CN)Cc1ccccc1. The summed E-state index contributed by atoms with van der Waals surface area (Å²) in [6, 6.07) is 11.2. The summed E-state index contributed by atoms with van der Waals surface area (Å²) in [5.74, 6) is 0. The van der Waals surface area contributed by atoms with Gasteiger partial charge in [0.2, 0.25) is 0 Å². The minimum Gasteiger partial charge on any atom is -0.327 e. The van der Waals surface area contributed by atoms with Crippen molar-refractivity contribution in [2.45, 2.75) is 32.9 Å². The second kappa shape index (κ2) is 8.04. The van der Waals surface area contributed by atoms with Crippen LogP contribution in [0.3, 0.4) is 0 Å². The number of nitrogens with two attached hydrogens (primary N) is 1. The van der Waals surface area contributed by atoms with Gasteiger partial charge in [-0.25, -0.2) is 0 Å². The van der Waals surface area contributed by atoms with Crippen LogP contribution in [0.15, 0.2) is 42.5 Å². The monoisotopic (exact) mass is 232 g/mol. The van der Waals surface area contributed by atoms with E-state index in [4.69, 9.17) is 5.73 Å². The molecule has 0 radical (unpaired) electrons. The van der Waals surface area contributed by atoms with Crippen LogP contribution in [0.4, 0.5) is 0 Å². The maximum absolute atomic E-state index is 5.47. The molecule has 94 valence electrons. The van der Waals surface area contributed by atoms with Gasteiger partial charge in [-0.05, 0) is 18.9 Å². The van der Waals surface area contributed by atoms with Gasteiger partial charge in [-0.1, -0.05) is 49.4 Å². The Morgan fingerprint density at radius 2 is 1.94 bits per heavy atom. The first-order chi connectivity index (χ1) is 8.27. The third-order valence-electron chi connectivity index (χ3n) is 3.09. The molecule has 0 amide bonds. The van der Waals surface area contributed by atoms with Gasteiger partial charge in [0.15, 0.2) is 0 Å². The zero-order valence-corrected chi connectivity index (χ0v) is 11.0. The average Bonchev–Trinajstić information content (AvgIpc) is 2.38. The third-order valence-corrected chi connectivity index (χ3v) is 3.09. The van der Waals surface area contributed by atoms with Crippen LogP contribution in [0.1, 0.15) is 25.8 Å². The molecular formula is C15H24N2. The van der Waals surface area contributed by atoms with E-state index in [0.29, 0.717) is 12.6 Å². The summed E-state index contributed by atoms with van der Waals surface area (Å²) in [5.41, 5.74) is 6.84. The molecule has 0 aliphatic carbocycles. The van der Waals surface area contributed by atoms with E-state index in [0.717, 1.165) is 13.1 Å². The van der Waals surface area contributed by atoms with E-state index < -0.39 is 0 Å². The predicted octanol–water partition coefficient (Wildman–Crippen LogP) is 2.80. The Balaban J connectivity index is 2.60. The molecule has 2 nitrogen and oxygen atoms in total. The van der Waals surface area contributed by atoms with Crippen molar-refractivity contribution in [1.29, 1.82) is 0 Å². The van der Waals surface area contributed by atoms with Crippen molar-refractivity contribution in [2.75, 3.05) is 13.1 Å². The zero-order valence-electron chi connectivity index (χ0n) is 11.0. The maximum Gasteiger partial charge on any atom is 0.0239 e. The molecule has 0 heterocycles. The highest BCUT2D eigenvalue weighted by Gasteiger charge is 2.10. The van der Waals surface area contributed by atoms with Crippen molar-refractivity contribution < 1.29 is 0 Å². The Hall–Kier alpha value is -1.12. The van der Waals surface area contributed by atoms with Crippen LogP contribution in [-0.4, -0.2) is 24.0 Å². The van der Waals surface area contributed by atoms with Crippen LogP contribution in [0.25, 0.3) is 0 Å². The maximum atomic E-state index is 5.47. The lowest BCUT2D eigenvalue weighted by Gasteiger charge is -2.27. The molecule has 1 rings (SSSR count). The summed E-state index contributed by atoms with van der Waals surface area (Å²) in [5, 5.41) is 0. The molecule has 17 heavy (non-hydrogen) atoms. The third kappa shape index (κ3) is 5.16. The molecule has 0 fully saturated rings. The molecule has 1 atom stereocenters. The molecule has 1 aromatic carbocycles. The Bertz CT molecular complexity index is 319. The fourth-order valence-electron chi connectivity index (χ4n) is 1.78. The van der Waals surface area contributed by atoms with Gasteiger partial charge in [-0.15, -0.1) is 0 Å². The highest BCUT2D eigenvalue weighted by Crippen LogP contribution is 2.10. The molecule has 0 aromatic heterocycles. The molecule has 2 heteroatoms. The number of hydrogen-bond acceptors (Lipinski definition) is 2. The zero-order chi connectivity index (χ0) is 12.5. The standard InChI is InChI=1S/C15H24N2/c1-3-14(2)17(12-8-7-11-16)13-15-9-5-4-6-10-15/h4-10,14H,3,11-13,16H2,1-2H3/b8-7+. The topological polar surface area (TPSA) is 29.3 Å². The van der Waals surface area contributed by atoms with Crippen LogP contribution < -0.4 is 5.73 Å². The van der Waals surface area contributed by atoms with Gasteiger partial charge in [0.05, 0.1) is 0 Å². The molecule has 0 aliphatic rings. The van der Waals surface area contributed by atoms with Gasteiger partial charge in [0.1, 0.15) is 0 Å². The first-order valence-electron chi connectivity index (χ1n) is 6.41. The van der Waals surface area contributed by atoms with E-state index in [1.54, 1.807) is 0 Å². The molecule has 1 unspecified atom stereocenters. The minimum absolute atomic E-state index is 0.595. The van der Waals surface area contributed by atoms with Crippen LogP contribution >= 0.6 is 0 Å². The number of benzene rings is 1.